The molecule has 0 amide bonds. The van der Waals surface area contributed by atoms with Crippen LogP contribution in [0.5, 0.6) is 23.0 Å². The number of rotatable bonds is 3. The maximum Gasteiger partial charge on any atom is 0.260 e. The molecule has 0 fully saturated rings. The zero-order valence-corrected chi connectivity index (χ0v) is 29.5. The van der Waals surface area contributed by atoms with E-state index in [1.54, 1.807) is 0 Å². The van der Waals surface area contributed by atoms with Crippen LogP contribution in [0.25, 0.3) is 0 Å². The van der Waals surface area contributed by atoms with Crippen molar-refractivity contribution < 1.29 is 9.47 Å². The van der Waals surface area contributed by atoms with Crippen LogP contribution in [0.3, 0.4) is 0 Å². The molecule has 0 aromatic heterocycles. The molecule has 9 rings (SSSR count). The molecule has 4 heteroatoms. The second-order valence-electron chi connectivity index (χ2n) is 17.3. The monoisotopic (exact) mass is 629 g/mol. The van der Waals surface area contributed by atoms with Crippen molar-refractivity contribution in [1.82, 2.24) is 0 Å². The summed E-state index contributed by atoms with van der Waals surface area (Å²) < 4.78 is 13.5. The summed E-state index contributed by atoms with van der Waals surface area (Å²) in [5.41, 5.74) is 13.0. The lowest BCUT2D eigenvalue weighted by atomic mass is 9.35. The Morgan fingerprint density at radius 3 is 1.33 bits per heavy atom. The molecule has 4 aliphatic rings. The maximum absolute atomic E-state index is 6.76. The highest BCUT2D eigenvalue weighted by Crippen LogP contribution is 2.54. The van der Waals surface area contributed by atoms with Crippen LogP contribution in [0.15, 0.2) is 97.1 Å². The van der Waals surface area contributed by atoms with Gasteiger partial charge in [-0.15, -0.1) is 0 Å². The van der Waals surface area contributed by atoms with E-state index in [1.807, 2.05) is 0 Å². The zero-order valence-electron chi connectivity index (χ0n) is 29.5. The minimum atomic E-state index is 0.0541. The Morgan fingerprint density at radius 1 is 0.458 bits per heavy atom. The quantitative estimate of drug-likeness (QED) is 0.182. The fourth-order valence-electron chi connectivity index (χ4n) is 10.2. The van der Waals surface area contributed by atoms with E-state index in [-0.39, 0.29) is 28.4 Å². The molecular formula is C44H44BNO2. The number of nitrogens with zero attached hydrogens (tertiary/aromatic N) is 1. The summed E-state index contributed by atoms with van der Waals surface area (Å²) in [6.07, 6.45) is 2.26. The van der Waals surface area contributed by atoms with Gasteiger partial charge < -0.3 is 14.4 Å². The summed E-state index contributed by atoms with van der Waals surface area (Å²) in [5.74, 6) is 3.53. The summed E-state index contributed by atoms with van der Waals surface area (Å²) in [6, 6.07) is 35.7. The van der Waals surface area contributed by atoms with Gasteiger partial charge >= 0.3 is 0 Å². The van der Waals surface area contributed by atoms with E-state index in [0.717, 1.165) is 58.4 Å². The van der Waals surface area contributed by atoms with Gasteiger partial charge in [0.15, 0.2) is 0 Å². The van der Waals surface area contributed by atoms with Gasteiger partial charge in [-0.05, 0) is 104 Å². The summed E-state index contributed by atoms with van der Waals surface area (Å²) >= 11 is 0. The van der Waals surface area contributed by atoms with Gasteiger partial charge in [-0.1, -0.05) is 104 Å². The van der Waals surface area contributed by atoms with Gasteiger partial charge in [-0.25, -0.2) is 0 Å². The van der Waals surface area contributed by atoms with Gasteiger partial charge in [0.05, 0.1) is 5.69 Å². The first-order valence-electron chi connectivity index (χ1n) is 17.6. The van der Waals surface area contributed by atoms with Gasteiger partial charge in [0.25, 0.3) is 6.71 Å². The number of anilines is 3. The van der Waals surface area contributed by atoms with Crippen molar-refractivity contribution in [2.45, 2.75) is 89.9 Å². The fourth-order valence-corrected chi connectivity index (χ4v) is 10.2. The minimum Gasteiger partial charge on any atom is -0.458 e. The molecule has 0 saturated carbocycles. The van der Waals surface area contributed by atoms with Crippen molar-refractivity contribution in [2.24, 2.45) is 0 Å². The molecule has 5 aromatic rings. The Labute approximate surface area is 286 Å². The lowest BCUT2D eigenvalue weighted by molar-refractivity contribution is 0.403. The van der Waals surface area contributed by atoms with Crippen molar-refractivity contribution in [3.8, 4) is 23.0 Å². The van der Waals surface area contributed by atoms with E-state index in [0.29, 0.717) is 0 Å². The topological polar surface area (TPSA) is 21.7 Å². The van der Waals surface area contributed by atoms with Crippen LogP contribution < -0.4 is 30.8 Å². The highest BCUT2D eigenvalue weighted by molar-refractivity contribution is 6.98. The summed E-state index contributed by atoms with van der Waals surface area (Å²) in [6.45, 7) is 19.2. The van der Waals surface area contributed by atoms with Crippen molar-refractivity contribution in [3.05, 3.63) is 119 Å². The molecule has 0 bridgehead atoms. The third kappa shape index (κ3) is 4.20. The molecule has 0 atom stereocenters. The van der Waals surface area contributed by atoms with Gasteiger partial charge in [-0.3, -0.25) is 0 Å². The molecule has 0 saturated heterocycles. The standard InChI is InChI=1S/C44H44BNO2/c1-41(2)25-43(5,6)32-21-27(17-19-30(32)41)46(28-18-20-31-33(22-28)44(7,8)26-42(31,3)4)29-23-38-40-39(24-29)48-37-16-12-10-14-35(37)45(40)34-13-9-11-15-36(34)47-38/h9-24H,25-26H2,1-8H3. The van der Waals surface area contributed by atoms with E-state index in [4.69, 9.17) is 9.47 Å². The van der Waals surface area contributed by atoms with E-state index in [1.165, 1.54) is 33.2 Å². The lowest BCUT2D eigenvalue weighted by Crippen LogP contribution is -2.57. The molecule has 0 spiro atoms. The minimum absolute atomic E-state index is 0.0541. The first-order valence-corrected chi connectivity index (χ1v) is 17.6. The molecule has 3 nitrogen and oxygen atoms in total. The van der Waals surface area contributed by atoms with Crippen molar-refractivity contribution in [2.75, 3.05) is 4.90 Å². The predicted molar refractivity (Wildman–Crippen MR) is 200 cm³/mol. The Kier molecular flexibility index (Phi) is 5.93. The molecule has 0 unspecified atom stereocenters. The van der Waals surface area contributed by atoms with E-state index < -0.39 is 0 Å². The molecule has 2 aliphatic heterocycles. The number of para-hydroxylation sites is 2. The highest BCUT2D eigenvalue weighted by Gasteiger charge is 2.45. The smallest absolute Gasteiger partial charge is 0.260 e. The molecular weight excluding hydrogens is 585 g/mol. The summed E-state index contributed by atoms with van der Waals surface area (Å²) in [7, 11) is 0. The average molecular weight is 630 g/mol. The van der Waals surface area contributed by atoms with Gasteiger partial charge in [0.2, 0.25) is 0 Å². The Bertz CT molecular complexity index is 2030. The van der Waals surface area contributed by atoms with Crippen LogP contribution >= 0.6 is 0 Å². The van der Waals surface area contributed by atoms with Crippen molar-refractivity contribution in [1.29, 1.82) is 0 Å². The third-order valence-corrected chi connectivity index (χ3v) is 11.7. The van der Waals surface area contributed by atoms with Gasteiger partial charge in [0.1, 0.15) is 23.0 Å². The average Bonchev–Trinajstić information content (AvgIpc) is 3.34. The Morgan fingerprint density at radius 2 is 0.875 bits per heavy atom. The number of hydrogen-bond acceptors (Lipinski definition) is 3. The van der Waals surface area contributed by atoms with Crippen molar-refractivity contribution in [3.63, 3.8) is 0 Å². The third-order valence-electron chi connectivity index (χ3n) is 11.7. The SMILES string of the molecule is CC1(C)CC(C)(C)c2cc(N(c3cc4c5c(c3)Oc3ccccc3B5c3ccccc3O4)c3ccc4c(c3)C(C)(C)CC4(C)C)ccc21. The van der Waals surface area contributed by atoms with Crippen LogP contribution in [0.1, 0.15) is 90.5 Å². The van der Waals surface area contributed by atoms with Crippen LogP contribution in [-0.4, -0.2) is 6.71 Å². The zero-order chi connectivity index (χ0) is 33.4. The fraction of sp³-hybridized carbons (Fsp3) is 0.318. The second-order valence-corrected chi connectivity index (χ2v) is 17.3. The number of ether oxygens (including phenoxy) is 2. The van der Waals surface area contributed by atoms with Crippen LogP contribution in [0, 0.1) is 0 Å². The predicted octanol–water partition coefficient (Wildman–Crippen LogP) is 9.80. The van der Waals surface area contributed by atoms with E-state index in [2.05, 4.69) is 157 Å². The molecule has 240 valence electrons. The first-order chi connectivity index (χ1) is 22.7. The van der Waals surface area contributed by atoms with E-state index in [9.17, 15) is 0 Å². The largest absolute Gasteiger partial charge is 0.458 e. The number of hydrogen-bond donors (Lipinski definition) is 0. The van der Waals surface area contributed by atoms with Crippen LogP contribution in [0.2, 0.25) is 0 Å². The van der Waals surface area contributed by atoms with E-state index >= 15 is 0 Å². The van der Waals surface area contributed by atoms with Gasteiger partial charge in [-0.2, -0.15) is 0 Å². The van der Waals surface area contributed by atoms with Crippen LogP contribution in [-0.2, 0) is 21.7 Å². The molecule has 0 radical (unpaired) electrons. The first kappa shape index (κ1) is 29.7. The normalized spacial score (nSPS) is 19.2. The van der Waals surface area contributed by atoms with Crippen molar-refractivity contribution >= 4 is 40.2 Å². The second kappa shape index (κ2) is 9.59. The molecule has 2 heterocycles. The Hall–Kier alpha value is -4.44. The molecule has 2 aliphatic carbocycles. The highest BCUT2D eigenvalue weighted by atomic mass is 16.5. The number of benzene rings is 5. The van der Waals surface area contributed by atoms with Crippen LogP contribution in [0.4, 0.5) is 17.1 Å². The number of fused-ring (bicyclic) bond motifs is 6. The summed E-state index contributed by atoms with van der Waals surface area (Å²) in [4.78, 5) is 2.43. The molecule has 5 aromatic carbocycles. The lowest BCUT2D eigenvalue weighted by Gasteiger charge is -2.35. The molecule has 0 N–H and O–H groups in total. The van der Waals surface area contributed by atoms with Gasteiger partial charge in [0, 0.05) is 29.0 Å². The summed E-state index contributed by atoms with van der Waals surface area (Å²) in [5, 5.41) is 0. The maximum atomic E-state index is 6.76. The molecule has 48 heavy (non-hydrogen) atoms. The Balaban J connectivity index is 1.28.